The van der Waals surface area contributed by atoms with Gasteiger partial charge >= 0.3 is 0 Å². The summed E-state index contributed by atoms with van der Waals surface area (Å²) < 4.78 is 0. The van der Waals surface area contributed by atoms with Crippen LogP contribution in [0.4, 0.5) is 0 Å². The second-order valence-electron chi connectivity index (χ2n) is 6.09. The molecule has 1 saturated heterocycles. The SMILES string of the molecule is CCC(C)C1NC(C(C)C)N(CCC(C)SC)C1=O. The quantitative estimate of drug-likeness (QED) is 0.781. The molecule has 1 N–H and O–H groups in total. The molecule has 0 aromatic heterocycles. The summed E-state index contributed by atoms with van der Waals surface area (Å²) in [7, 11) is 0. The van der Waals surface area contributed by atoms with Crippen molar-refractivity contribution in [3.63, 3.8) is 0 Å². The van der Waals surface area contributed by atoms with Crippen LogP contribution in [0.25, 0.3) is 0 Å². The van der Waals surface area contributed by atoms with Gasteiger partial charge in [0.05, 0.1) is 12.2 Å². The summed E-state index contributed by atoms with van der Waals surface area (Å²) >= 11 is 1.87. The van der Waals surface area contributed by atoms with Crippen LogP contribution in [0.15, 0.2) is 0 Å². The van der Waals surface area contributed by atoms with Gasteiger partial charge in [-0.2, -0.15) is 11.8 Å². The molecule has 0 aliphatic carbocycles. The molecule has 0 radical (unpaired) electrons. The molecule has 1 rings (SSSR count). The molecular formula is C15H30N2OS. The van der Waals surface area contributed by atoms with Gasteiger partial charge in [-0.15, -0.1) is 0 Å². The van der Waals surface area contributed by atoms with E-state index in [-0.39, 0.29) is 12.2 Å². The van der Waals surface area contributed by atoms with Crippen LogP contribution >= 0.6 is 11.8 Å². The van der Waals surface area contributed by atoms with E-state index in [4.69, 9.17) is 0 Å². The molecule has 19 heavy (non-hydrogen) atoms. The molecule has 1 aliphatic heterocycles. The molecule has 1 fully saturated rings. The summed E-state index contributed by atoms with van der Waals surface area (Å²) in [5.74, 6) is 1.18. The molecule has 0 saturated carbocycles. The summed E-state index contributed by atoms with van der Waals surface area (Å²) in [6.07, 6.45) is 4.46. The maximum atomic E-state index is 12.6. The van der Waals surface area contributed by atoms with Crippen molar-refractivity contribution < 1.29 is 4.79 Å². The molecule has 112 valence electrons. The highest BCUT2D eigenvalue weighted by Crippen LogP contribution is 2.24. The lowest BCUT2D eigenvalue weighted by molar-refractivity contribution is -0.131. The monoisotopic (exact) mass is 286 g/mol. The highest BCUT2D eigenvalue weighted by molar-refractivity contribution is 7.99. The molecule has 1 aliphatic rings. The Kier molecular flexibility index (Phi) is 6.67. The Morgan fingerprint density at radius 2 is 1.95 bits per heavy atom. The Bertz CT molecular complexity index is 296. The zero-order valence-corrected chi connectivity index (χ0v) is 14.1. The fourth-order valence-electron chi connectivity index (χ4n) is 2.54. The zero-order chi connectivity index (χ0) is 14.6. The largest absolute Gasteiger partial charge is 0.325 e. The van der Waals surface area contributed by atoms with Gasteiger partial charge in [0.25, 0.3) is 0 Å². The van der Waals surface area contributed by atoms with Gasteiger partial charge in [-0.3, -0.25) is 10.1 Å². The van der Waals surface area contributed by atoms with E-state index >= 15 is 0 Å². The van der Waals surface area contributed by atoms with Gasteiger partial charge in [0, 0.05) is 11.8 Å². The highest BCUT2D eigenvalue weighted by Gasteiger charge is 2.41. The van der Waals surface area contributed by atoms with E-state index < -0.39 is 0 Å². The van der Waals surface area contributed by atoms with E-state index in [9.17, 15) is 4.79 Å². The number of carbonyl (C=O) groups is 1. The fourth-order valence-corrected chi connectivity index (χ4v) is 2.89. The first-order valence-corrected chi connectivity index (χ1v) is 8.80. The van der Waals surface area contributed by atoms with Crippen molar-refractivity contribution in [3.8, 4) is 0 Å². The molecule has 3 nitrogen and oxygen atoms in total. The average molecular weight is 286 g/mol. The number of nitrogens with zero attached hydrogens (tertiary/aromatic N) is 1. The van der Waals surface area contributed by atoms with Gasteiger partial charge in [-0.25, -0.2) is 0 Å². The second kappa shape index (κ2) is 7.53. The van der Waals surface area contributed by atoms with E-state index in [1.807, 2.05) is 11.8 Å². The molecule has 1 heterocycles. The van der Waals surface area contributed by atoms with Crippen LogP contribution in [0.3, 0.4) is 0 Å². The Morgan fingerprint density at radius 1 is 1.32 bits per heavy atom. The number of thioether (sulfide) groups is 1. The van der Waals surface area contributed by atoms with Gasteiger partial charge in [0.2, 0.25) is 5.91 Å². The smallest absolute Gasteiger partial charge is 0.241 e. The lowest BCUT2D eigenvalue weighted by Gasteiger charge is -2.28. The van der Waals surface area contributed by atoms with Gasteiger partial charge in [-0.1, -0.05) is 41.0 Å². The maximum absolute atomic E-state index is 12.6. The minimum absolute atomic E-state index is 0.0157. The van der Waals surface area contributed by atoms with Crippen molar-refractivity contribution in [2.75, 3.05) is 12.8 Å². The fraction of sp³-hybridized carbons (Fsp3) is 0.933. The number of carbonyl (C=O) groups excluding carboxylic acids is 1. The third-order valence-corrected chi connectivity index (χ3v) is 5.30. The van der Waals surface area contributed by atoms with E-state index in [1.54, 1.807) is 0 Å². The number of amides is 1. The van der Waals surface area contributed by atoms with Crippen molar-refractivity contribution in [1.82, 2.24) is 10.2 Å². The predicted octanol–water partition coefficient (Wildman–Crippen LogP) is 2.96. The molecule has 0 bridgehead atoms. The van der Waals surface area contributed by atoms with Crippen molar-refractivity contribution in [1.29, 1.82) is 0 Å². The molecule has 0 spiro atoms. The maximum Gasteiger partial charge on any atom is 0.241 e. The minimum atomic E-state index is 0.0157. The molecule has 4 atom stereocenters. The van der Waals surface area contributed by atoms with Crippen LogP contribution in [0.2, 0.25) is 0 Å². The van der Waals surface area contributed by atoms with Crippen molar-refractivity contribution in [2.24, 2.45) is 11.8 Å². The van der Waals surface area contributed by atoms with Crippen LogP contribution in [-0.4, -0.2) is 41.1 Å². The number of hydrogen-bond acceptors (Lipinski definition) is 3. The second-order valence-corrected chi connectivity index (χ2v) is 7.36. The van der Waals surface area contributed by atoms with Crippen LogP contribution in [0.1, 0.15) is 47.5 Å². The van der Waals surface area contributed by atoms with E-state index in [2.05, 4.69) is 51.1 Å². The van der Waals surface area contributed by atoms with Crippen molar-refractivity contribution in [2.45, 2.75) is 64.9 Å². The summed E-state index contributed by atoms with van der Waals surface area (Å²) in [4.78, 5) is 14.7. The summed E-state index contributed by atoms with van der Waals surface area (Å²) in [5.41, 5.74) is 0. The normalized spacial score (nSPS) is 27.1. The third kappa shape index (κ3) is 4.12. The standard InChI is InChI=1S/C15H30N2OS/c1-7-11(4)13-15(18)17(9-8-12(5)19-6)14(16-13)10(2)3/h10-14,16H,7-9H2,1-6H3. The highest BCUT2D eigenvalue weighted by atomic mass is 32.2. The molecule has 0 aromatic carbocycles. The van der Waals surface area contributed by atoms with Crippen LogP contribution in [0.5, 0.6) is 0 Å². The Labute approximate surface area is 122 Å². The zero-order valence-electron chi connectivity index (χ0n) is 13.3. The van der Waals surface area contributed by atoms with Crippen molar-refractivity contribution >= 4 is 17.7 Å². The number of hydrogen-bond donors (Lipinski definition) is 1. The summed E-state index contributed by atoms with van der Waals surface area (Å²) in [6, 6.07) is 0.0157. The Morgan fingerprint density at radius 3 is 2.42 bits per heavy atom. The van der Waals surface area contributed by atoms with E-state index in [0.717, 1.165) is 19.4 Å². The average Bonchev–Trinajstić information content (AvgIpc) is 2.72. The Balaban J connectivity index is 2.72. The van der Waals surface area contributed by atoms with E-state index in [0.29, 0.717) is 23.0 Å². The van der Waals surface area contributed by atoms with Gasteiger partial charge in [-0.05, 0) is 24.5 Å². The van der Waals surface area contributed by atoms with Gasteiger partial charge in [0.15, 0.2) is 0 Å². The Hall–Kier alpha value is -0.220. The first-order chi connectivity index (χ1) is 8.92. The molecule has 1 amide bonds. The van der Waals surface area contributed by atoms with Gasteiger partial charge < -0.3 is 4.90 Å². The molecule has 4 unspecified atom stereocenters. The lowest BCUT2D eigenvalue weighted by atomic mass is 9.99. The van der Waals surface area contributed by atoms with E-state index in [1.165, 1.54) is 0 Å². The summed E-state index contributed by atoms with van der Waals surface area (Å²) in [5, 5.41) is 4.17. The molecule has 4 heteroatoms. The minimum Gasteiger partial charge on any atom is -0.325 e. The van der Waals surface area contributed by atoms with Crippen molar-refractivity contribution in [3.05, 3.63) is 0 Å². The van der Waals surface area contributed by atoms with Gasteiger partial charge in [0.1, 0.15) is 0 Å². The summed E-state index contributed by atoms with van der Waals surface area (Å²) in [6.45, 7) is 11.8. The third-order valence-electron chi connectivity index (χ3n) is 4.26. The number of rotatable bonds is 7. The topological polar surface area (TPSA) is 32.3 Å². The molecule has 0 aromatic rings. The number of nitrogens with one attached hydrogen (secondary N) is 1. The first-order valence-electron chi connectivity index (χ1n) is 7.51. The molecular weight excluding hydrogens is 256 g/mol. The van der Waals surface area contributed by atoms with Crippen LogP contribution in [0, 0.1) is 11.8 Å². The predicted molar refractivity (Wildman–Crippen MR) is 84.3 cm³/mol. The first kappa shape index (κ1) is 16.8. The van der Waals surface area contributed by atoms with Crippen LogP contribution < -0.4 is 5.32 Å². The van der Waals surface area contributed by atoms with Crippen LogP contribution in [-0.2, 0) is 4.79 Å². The lowest BCUT2D eigenvalue weighted by Crippen LogP contribution is -2.42.